The first-order chi connectivity index (χ1) is 21.9. The Morgan fingerprint density at radius 1 is 1.00 bits per heavy atom. The van der Waals surface area contributed by atoms with Gasteiger partial charge in [0.2, 0.25) is 11.5 Å². The average molecular weight is 611 g/mol. The van der Waals surface area contributed by atoms with Crippen LogP contribution in [-0.2, 0) is 15.1 Å². The number of ether oxygens (including phenoxy) is 1. The Morgan fingerprint density at radius 3 is 2.47 bits per heavy atom. The monoisotopic (exact) mass is 610 g/mol. The lowest BCUT2D eigenvalue weighted by Gasteiger charge is -2.36. The van der Waals surface area contributed by atoms with Gasteiger partial charge in [-0.05, 0) is 50.5 Å². The van der Waals surface area contributed by atoms with Gasteiger partial charge in [0.1, 0.15) is 5.69 Å². The zero-order chi connectivity index (χ0) is 32.0. The average Bonchev–Trinajstić information content (AvgIpc) is 3.49. The smallest absolute Gasteiger partial charge is 0.341 e. The van der Waals surface area contributed by atoms with Crippen molar-refractivity contribution in [2.45, 2.75) is 97.6 Å². The number of hydrogen-bond donors (Lipinski definition) is 1. The number of nitrogens with zero attached hydrogens (tertiary/aromatic N) is 3. The number of carbonyl (C=O) groups is 2. The van der Waals surface area contributed by atoms with E-state index in [1.165, 1.54) is 39.0 Å². The van der Waals surface area contributed by atoms with E-state index in [1.807, 2.05) is 12.1 Å². The van der Waals surface area contributed by atoms with E-state index in [-0.39, 0.29) is 17.9 Å². The molecule has 1 aliphatic carbocycles. The van der Waals surface area contributed by atoms with Gasteiger partial charge in [-0.15, -0.1) is 0 Å². The molecular weight excluding hydrogens is 560 g/mol. The molecule has 3 atom stereocenters. The minimum Gasteiger partial charge on any atom is -0.439 e. The maximum absolute atomic E-state index is 13.7. The van der Waals surface area contributed by atoms with Gasteiger partial charge >= 0.3 is 5.97 Å². The summed E-state index contributed by atoms with van der Waals surface area (Å²) in [6.45, 7) is 13.1. The number of amides is 1. The van der Waals surface area contributed by atoms with Crippen molar-refractivity contribution < 1.29 is 14.3 Å². The highest BCUT2D eigenvalue weighted by atomic mass is 16.6. The largest absolute Gasteiger partial charge is 0.439 e. The summed E-state index contributed by atoms with van der Waals surface area (Å²) in [5.74, 6) is -0.583. The summed E-state index contributed by atoms with van der Waals surface area (Å²) in [6.07, 6.45) is 19.8. The molecule has 3 heterocycles. The molecular formula is C38H50N4O3. The number of fused-ring (bicyclic) bond motifs is 2. The second kappa shape index (κ2) is 14.5. The fourth-order valence-electron chi connectivity index (χ4n) is 7.49. The number of cyclic esters (lactones) is 1. The van der Waals surface area contributed by atoms with Crippen LogP contribution in [0.2, 0.25) is 0 Å². The van der Waals surface area contributed by atoms with Crippen molar-refractivity contribution in [3.63, 3.8) is 0 Å². The van der Waals surface area contributed by atoms with Crippen LogP contribution in [0.5, 0.6) is 0 Å². The summed E-state index contributed by atoms with van der Waals surface area (Å²) in [7, 11) is 0. The van der Waals surface area contributed by atoms with E-state index < -0.39 is 11.6 Å². The van der Waals surface area contributed by atoms with E-state index in [1.54, 1.807) is 18.3 Å². The van der Waals surface area contributed by atoms with Crippen LogP contribution in [0.15, 0.2) is 72.1 Å². The Kier molecular flexibility index (Phi) is 10.5. The number of carbonyl (C=O) groups excluding carboxylic acids is 2. The van der Waals surface area contributed by atoms with Crippen LogP contribution < -0.4 is 10.2 Å². The molecule has 0 fully saturated rings. The van der Waals surface area contributed by atoms with Gasteiger partial charge in [-0.25, -0.2) is 4.79 Å². The molecule has 0 saturated carbocycles. The van der Waals surface area contributed by atoms with Crippen LogP contribution in [0, 0.1) is 5.92 Å². The van der Waals surface area contributed by atoms with Gasteiger partial charge < -0.3 is 19.9 Å². The first-order valence-electron chi connectivity index (χ1n) is 17.1. The zero-order valence-corrected chi connectivity index (χ0v) is 27.8. The van der Waals surface area contributed by atoms with E-state index in [0.29, 0.717) is 16.9 Å². The Morgan fingerprint density at radius 2 is 1.73 bits per heavy atom. The number of aromatic nitrogens is 1. The summed E-state index contributed by atoms with van der Waals surface area (Å²) < 4.78 is 6.64. The molecule has 1 aromatic carbocycles. The molecule has 0 saturated heterocycles. The number of benzene rings is 1. The molecule has 5 rings (SSSR count). The predicted octanol–water partition coefficient (Wildman–Crippen LogP) is 8.14. The first kappa shape index (κ1) is 32.5. The number of hydrogen-bond acceptors (Lipinski definition) is 6. The molecule has 0 radical (unpaired) electrons. The lowest BCUT2D eigenvalue weighted by molar-refractivity contribution is -0.114. The number of esters is 1. The molecule has 2 aliphatic heterocycles. The molecule has 0 bridgehead atoms. The van der Waals surface area contributed by atoms with E-state index in [0.717, 1.165) is 61.4 Å². The molecule has 45 heavy (non-hydrogen) atoms. The van der Waals surface area contributed by atoms with Crippen molar-refractivity contribution in [2.75, 3.05) is 29.9 Å². The molecule has 3 aliphatic rings. The van der Waals surface area contributed by atoms with Crippen molar-refractivity contribution in [1.29, 1.82) is 0 Å². The molecule has 1 N–H and O–H groups in total. The molecule has 240 valence electrons. The molecule has 1 aromatic heterocycles. The van der Waals surface area contributed by atoms with Crippen molar-refractivity contribution in [2.24, 2.45) is 5.92 Å². The number of unbranched alkanes of at least 4 members (excludes halogenated alkanes) is 5. The molecule has 7 heteroatoms. The molecule has 7 nitrogen and oxygen atoms in total. The van der Waals surface area contributed by atoms with Gasteiger partial charge in [0, 0.05) is 61.2 Å². The third-order valence-corrected chi connectivity index (χ3v) is 9.40. The molecule has 2 aromatic rings. The highest BCUT2D eigenvalue weighted by molar-refractivity contribution is 5.97. The van der Waals surface area contributed by atoms with E-state index >= 15 is 0 Å². The topological polar surface area (TPSA) is 74.8 Å². The highest BCUT2D eigenvalue weighted by Gasteiger charge is 2.58. The summed E-state index contributed by atoms with van der Waals surface area (Å²) in [5, 5.41) is 3.13. The standard InChI is InChI=1S/C38H50N4O3/c1-6-9-10-11-12-15-25-42-27(4)35(30-17-13-14-19-34(30)42)38(36-31(37(44)45-38)18-16-22-39-36)32-21-20-29(26-33(32)40-28(5)43)41(23-7-2)24-8-3/h13-14,16-22,26,30,34H,6-12,15,23-25H2,1-5H3,(H,40,43). The quantitative estimate of drug-likeness (QED) is 0.162. The minimum atomic E-state index is -1.29. The first-order valence-corrected chi connectivity index (χ1v) is 17.1. The predicted molar refractivity (Wildman–Crippen MR) is 182 cm³/mol. The summed E-state index contributed by atoms with van der Waals surface area (Å²) >= 11 is 0. The number of rotatable bonds is 15. The van der Waals surface area contributed by atoms with E-state index in [2.05, 4.69) is 73.2 Å². The molecule has 3 unspecified atom stereocenters. The van der Waals surface area contributed by atoms with Crippen LogP contribution in [0.4, 0.5) is 11.4 Å². The number of nitrogens with one attached hydrogen (secondary N) is 1. The Labute approximate surface area is 269 Å². The van der Waals surface area contributed by atoms with Gasteiger partial charge in [0.25, 0.3) is 0 Å². The Balaban J connectivity index is 1.68. The fourth-order valence-corrected chi connectivity index (χ4v) is 7.49. The van der Waals surface area contributed by atoms with Crippen molar-refractivity contribution in [1.82, 2.24) is 9.88 Å². The van der Waals surface area contributed by atoms with Crippen molar-refractivity contribution in [3.05, 3.63) is 88.9 Å². The van der Waals surface area contributed by atoms with Crippen LogP contribution in [0.3, 0.4) is 0 Å². The Bertz CT molecular complexity index is 1470. The van der Waals surface area contributed by atoms with Gasteiger partial charge in [-0.1, -0.05) is 83.2 Å². The van der Waals surface area contributed by atoms with Crippen molar-refractivity contribution in [3.8, 4) is 0 Å². The van der Waals surface area contributed by atoms with E-state index in [4.69, 9.17) is 9.72 Å². The molecule has 1 amide bonds. The van der Waals surface area contributed by atoms with Crippen LogP contribution in [0.1, 0.15) is 108 Å². The lowest BCUT2D eigenvalue weighted by atomic mass is 9.74. The third kappa shape index (κ3) is 6.31. The van der Waals surface area contributed by atoms with Gasteiger partial charge in [-0.3, -0.25) is 9.78 Å². The van der Waals surface area contributed by atoms with Crippen LogP contribution in [-0.4, -0.2) is 47.4 Å². The lowest BCUT2D eigenvalue weighted by Crippen LogP contribution is -2.37. The number of anilines is 2. The normalized spacial score (nSPS) is 21.6. The minimum absolute atomic E-state index is 0.0163. The van der Waals surface area contributed by atoms with Gasteiger partial charge in [0.15, 0.2) is 0 Å². The second-order valence-corrected chi connectivity index (χ2v) is 12.6. The van der Waals surface area contributed by atoms with Crippen LogP contribution in [0.25, 0.3) is 0 Å². The molecule has 0 spiro atoms. The second-order valence-electron chi connectivity index (χ2n) is 12.6. The summed E-state index contributed by atoms with van der Waals surface area (Å²) in [4.78, 5) is 36.1. The summed E-state index contributed by atoms with van der Waals surface area (Å²) in [6, 6.07) is 9.91. The maximum Gasteiger partial charge on any atom is 0.341 e. The number of allylic oxidation sites excluding steroid dienone is 3. The number of pyridine rings is 1. The van der Waals surface area contributed by atoms with Gasteiger partial charge in [-0.2, -0.15) is 0 Å². The third-order valence-electron chi connectivity index (χ3n) is 9.40. The Hall–Kier alpha value is -3.87. The fraction of sp³-hybridized carbons (Fsp3) is 0.500. The van der Waals surface area contributed by atoms with E-state index in [9.17, 15) is 9.59 Å². The van der Waals surface area contributed by atoms with Crippen LogP contribution >= 0.6 is 0 Å². The summed E-state index contributed by atoms with van der Waals surface area (Å²) in [5.41, 5.74) is 4.31. The highest BCUT2D eigenvalue weighted by Crippen LogP contribution is 2.56. The van der Waals surface area contributed by atoms with Crippen molar-refractivity contribution >= 4 is 23.3 Å². The SMILES string of the molecule is CCCCCCCCN1C(C)=C(C2(c3ccc(N(CCC)CCC)cc3NC(C)=O)OC(=O)c3cccnc32)C2C=CC=CC21. The zero-order valence-electron chi connectivity index (χ0n) is 27.8. The maximum atomic E-state index is 13.7. The van der Waals surface area contributed by atoms with Gasteiger partial charge in [0.05, 0.1) is 17.3 Å².